The number of halogens is 2. The van der Waals surface area contributed by atoms with Gasteiger partial charge in [-0.2, -0.15) is 0 Å². The summed E-state index contributed by atoms with van der Waals surface area (Å²) in [6.45, 7) is 3.01. The fourth-order valence-corrected chi connectivity index (χ4v) is 2.84. The molecule has 0 aliphatic heterocycles. The predicted octanol–water partition coefficient (Wildman–Crippen LogP) is 4.34. The van der Waals surface area contributed by atoms with Crippen molar-refractivity contribution >= 4 is 34.5 Å². The first kappa shape index (κ1) is 13.8. The van der Waals surface area contributed by atoms with Crippen LogP contribution in [0.25, 0.3) is 0 Å². The van der Waals surface area contributed by atoms with Crippen molar-refractivity contribution in [3.8, 4) is 0 Å². The number of nitrogens with zero attached hydrogens (tertiary/aromatic N) is 1. The number of nitrogens with one attached hydrogen (secondary N) is 1. The minimum atomic E-state index is 0.323. The first-order valence-electron chi connectivity index (χ1n) is 5.72. The SMILES string of the molecule is CC(NCCc1ccc(Cl)cc1Cl)c1cncs1. The standard InChI is InChI=1S/C13H14Cl2N2S/c1-9(13-7-16-8-18-13)17-5-4-10-2-3-11(14)6-12(10)15/h2-3,6-9,17H,4-5H2,1H3. The molecule has 0 aliphatic carbocycles. The topological polar surface area (TPSA) is 24.9 Å². The van der Waals surface area contributed by atoms with E-state index in [2.05, 4.69) is 17.2 Å². The molecule has 2 rings (SSSR count). The average molecular weight is 301 g/mol. The van der Waals surface area contributed by atoms with E-state index in [1.807, 2.05) is 23.8 Å². The Morgan fingerprint density at radius 2 is 2.22 bits per heavy atom. The van der Waals surface area contributed by atoms with Crippen LogP contribution in [0.4, 0.5) is 0 Å². The third-order valence-corrected chi connectivity index (χ3v) is 4.28. The lowest BCUT2D eigenvalue weighted by Gasteiger charge is -2.12. The van der Waals surface area contributed by atoms with Crippen LogP contribution in [-0.2, 0) is 6.42 Å². The summed E-state index contributed by atoms with van der Waals surface area (Å²) in [5.41, 5.74) is 2.97. The molecule has 0 aliphatic rings. The Balaban J connectivity index is 1.85. The van der Waals surface area contributed by atoms with Gasteiger partial charge in [0, 0.05) is 27.2 Å². The third kappa shape index (κ3) is 3.69. The first-order chi connectivity index (χ1) is 8.66. The zero-order chi connectivity index (χ0) is 13.0. The summed E-state index contributed by atoms with van der Waals surface area (Å²) >= 11 is 13.7. The van der Waals surface area contributed by atoms with E-state index >= 15 is 0 Å². The van der Waals surface area contributed by atoms with Gasteiger partial charge in [-0.3, -0.25) is 4.98 Å². The number of hydrogen-bond donors (Lipinski definition) is 1. The molecular weight excluding hydrogens is 287 g/mol. The Hall–Kier alpha value is -0.610. The fraction of sp³-hybridized carbons (Fsp3) is 0.308. The Bertz CT molecular complexity index is 500. The van der Waals surface area contributed by atoms with Gasteiger partial charge >= 0.3 is 0 Å². The highest BCUT2D eigenvalue weighted by molar-refractivity contribution is 7.09. The number of rotatable bonds is 5. The van der Waals surface area contributed by atoms with Crippen LogP contribution in [0.15, 0.2) is 29.9 Å². The predicted molar refractivity (Wildman–Crippen MR) is 78.7 cm³/mol. The van der Waals surface area contributed by atoms with E-state index in [0.29, 0.717) is 11.1 Å². The average Bonchev–Trinajstić information content (AvgIpc) is 2.85. The van der Waals surface area contributed by atoms with Crippen molar-refractivity contribution in [2.75, 3.05) is 6.54 Å². The van der Waals surface area contributed by atoms with Crippen LogP contribution in [0.2, 0.25) is 10.0 Å². The lowest BCUT2D eigenvalue weighted by molar-refractivity contribution is 0.584. The van der Waals surface area contributed by atoms with Gasteiger partial charge in [-0.15, -0.1) is 11.3 Å². The molecule has 5 heteroatoms. The van der Waals surface area contributed by atoms with Crippen molar-refractivity contribution in [3.63, 3.8) is 0 Å². The van der Waals surface area contributed by atoms with Crippen LogP contribution >= 0.6 is 34.5 Å². The van der Waals surface area contributed by atoms with E-state index < -0.39 is 0 Å². The maximum Gasteiger partial charge on any atom is 0.0794 e. The summed E-state index contributed by atoms with van der Waals surface area (Å²) < 4.78 is 0. The summed E-state index contributed by atoms with van der Waals surface area (Å²) in [4.78, 5) is 5.32. The van der Waals surface area contributed by atoms with Crippen molar-refractivity contribution in [3.05, 3.63) is 50.4 Å². The second-order valence-electron chi connectivity index (χ2n) is 4.07. The van der Waals surface area contributed by atoms with Gasteiger partial charge in [0.25, 0.3) is 0 Å². The van der Waals surface area contributed by atoms with Crippen LogP contribution in [0.3, 0.4) is 0 Å². The lowest BCUT2D eigenvalue weighted by Crippen LogP contribution is -2.20. The van der Waals surface area contributed by atoms with E-state index in [1.165, 1.54) is 4.88 Å². The largest absolute Gasteiger partial charge is 0.309 e. The van der Waals surface area contributed by atoms with Crippen molar-refractivity contribution in [1.29, 1.82) is 0 Å². The van der Waals surface area contributed by atoms with Crippen LogP contribution in [0, 0.1) is 0 Å². The summed E-state index contributed by atoms with van der Waals surface area (Å²) in [7, 11) is 0. The minimum absolute atomic E-state index is 0.323. The van der Waals surface area contributed by atoms with E-state index in [4.69, 9.17) is 23.2 Å². The van der Waals surface area contributed by atoms with Crippen LogP contribution in [0.5, 0.6) is 0 Å². The third-order valence-electron chi connectivity index (χ3n) is 2.74. The molecule has 1 heterocycles. The van der Waals surface area contributed by atoms with Crippen LogP contribution < -0.4 is 5.32 Å². The van der Waals surface area contributed by atoms with Gasteiger partial charge in [-0.1, -0.05) is 29.3 Å². The quantitative estimate of drug-likeness (QED) is 0.888. The zero-order valence-corrected chi connectivity index (χ0v) is 12.3. The zero-order valence-electron chi connectivity index (χ0n) is 9.99. The highest BCUT2D eigenvalue weighted by atomic mass is 35.5. The van der Waals surface area contributed by atoms with E-state index in [1.54, 1.807) is 17.4 Å². The summed E-state index contributed by atoms with van der Waals surface area (Å²) in [6, 6.07) is 5.95. The fourth-order valence-electron chi connectivity index (χ4n) is 1.69. The smallest absolute Gasteiger partial charge is 0.0794 e. The molecule has 1 atom stereocenters. The number of thiazole rings is 1. The molecule has 1 aromatic heterocycles. The Morgan fingerprint density at radius 1 is 1.39 bits per heavy atom. The normalized spacial score (nSPS) is 12.6. The molecule has 0 radical (unpaired) electrons. The molecule has 1 N–H and O–H groups in total. The Labute approximate surface area is 121 Å². The molecule has 1 unspecified atom stereocenters. The highest BCUT2D eigenvalue weighted by Crippen LogP contribution is 2.21. The van der Waals surface area contributed by atoms with Crippen molar-refractivity contribution < 1.29 is 0 Å². The number of hydrogen-bond acceptors (Lipinski definition) is 3. The highest BCUT2D eigenvalue weighted by Gasteiger charge is 2.06. The molecule has 18 heavy (non-hydrogen) atoms. The van der Waals surface area contributed by atoms with Crippen molar-refractivity contribution in [2.45, 2.75) is 19.4 Å². The van der Waals surface area contributed by atoms with E-state index in [9.17, 15) is 0 Å². The second-order valence-corrected chi connectivity index (χ2v) is 5.83. The Morgan fingerprint density at radius 3 is 2.89 bits per heavy atom. The number of aromatic nitrogens is 1. The molecule has 0 fully saturated rings. The number of benzene rings is 1. The van der Waals surface area contributed by atoms with Crippen LogP contribution in [0.1, 0.15) is 23.4 Å². The van der Waals surface area contributed by atoms with Gasteiger partial charge in [-0.25, -0.2) is 0 Å². The molecule has 0 saturated carbocycles. The van der Waals surface area contributed by atoms with E-state index in [-0.39, 0.29) is 0 Å². The first-order valence-corrected chi connectivity index (χ1v) is 7.36. The van der Waals surface area contributed by atoms with Gasteiger partial charge in [0.15, 0.2) is 0 Å². The second kappa shape index (κ2) is 6.53. The molecule has 2 nitrogen and oxygen atoms in total. The molecule has 0 amide bonds. The molecular formula is C13H14Cl2N2S. The monoisotopic (exact) mass is 300 g/mol. The Kier molecular flexibility index (Phi) is 5.01. The van der Waals surface area contributed by atoms with Crippen molar-refractivity contribution in [1.82, 2.24) is 10.3 Å². The maximum atomic E-state index is 6.12. The maximum absolute atomic E-state index is 6.12. The summed E-state index contributed by atoms with van der Waals surface area (Å²) in [5.74, 6) is 0. The molecule has 1 aromatic carbocycles. The minimum Gasteiger partial charge on any atom is -0.309 e. The molecule has 0 spiro atoms. The van der Waals surface area contributed by atoms with Gasteiger partial charge in [0.1, 0.15) is 0 Å². The molecule has 0 saturated heterocycles. The van der Waals surface area contributed by atoms with E-state index in [0.717, 1.165) is 23.6 Å². The van der Waals surface area contributed by atoms with Gasteiger partial charge in [0.05, 0.1) is 5.51 Å². The molecule has 0 bridgehead atoms. The lowest BCUT2D eigenvalue weighted by atomic mass is 10.1. The van der Waals surface area contributed by atoms with Gasteiger partial charge < -0.3 is 5.32 Å². The van der Waals surface area contributed by atoms with Crippen molar-refractivity contribution in [2.24, 2.45) is 0 Å². The van der Waals surface area contributed by atoms with Crippen LogP contribution in [-0.4, -0.2) is 11.5 Å². The molecule has 96 valence electrons. The molecule has 2 aromatic rings. The van der Waals surface area contributed by atoms with Gasteiger partial charge in [-0.05, 0) is 37.6 Å². The summed E-state index contributed by atoms with van der Waals surface area (Å²) in [6.07, 6.45) is 2.79. The van der Waals surface area contributed by atoms with Gasteiger partial charge in [0.2, 0.25) is 0 Å². The summed E-state index contributed by atoms with van der Waals surface area (Å²) in [5, 5.41) is 4.86.